The van der Waals surface area contributed by atoms with Gasteiger partial charge in [-0.25, -0.2) is 8.42 Å². The van der Waals surface area contributed by atoms with Gasteiger partial charge in [-0.3, -0.25) is 14.5 Å². The fraction of sp³-hybridized carbons (Fsp3) is 0.391. The molecular weight excluding hydrogens is 414 g/mol. The van der Waals surface area contributed by atoms with Crippen LogP contribution in [0.4, 0.5) is 5.69 Å². The molecule has 2 aromatic carbocycles. The van der Waals surface area contributed by atoms with Crippen molar-refractivity contribution >= 4 is 27.5 Å². The van der Waals surface area contributed by atoms with Gasteiger partial charge in [0.1, 0.15) is 6.04 Å². The molecule has 1 N–H and O–H groups in total. The molecule has 0 aromatic heterocycles. The van der Waals surface area contributed by atoms with E-state index in [4.69, 9.17) is 0 Å². The van der Waals surface area contributed by atoms with E-state index in [9.17, 15) is 18.0 Å². The molecule has 0 aliphatic carbocycles. The zero-order valence-electron chi connectivity index (χ0n) is 17.6. The lowest BCUT2D eigenvalue weighted by atomic mass is 10.1. The number of anilines is 1. The number of carbonyl (C=O) groups is 2. The van der Waals surface area contributed by atoms with Gasteiger partial charge in [0.15, 0.2) is 0 Å². The Morgan fingerprint density at radius 1 is 1.06 bits per heavy atom. The maximum absolute atomic E-state index is 12.9. The molecule has 4 rings (SSSR count). The molecule has 2 amide bonds. The summed E-state index contributed by atoms with van der Waals surface area (Å²) in [5.41, 5.74) is 2.44. The van der Waals surface area contributed by atoms with E-state index in [2.05, 4.69) is 5.32 Å². The minimum Gasteiger partial charge on any atom is -0.354 e. The minimum absolute atomic E-state index is 0.224. The largest absolute Gasteiger partial charge is 0.354 e. The van der Waals surface area contributed by atoms with Crippen LogP contribution in [0, 0.1) is 0 Å². The van der Waals surface area contributed by atoms with Crippen LogP contribution in [0.15, 0.2) is 53.4 Å². The van der Waals surface area contributed by atoms with Crippen molar-refractivity contribution < 1.29 is 18.0 Å². The second-order valence-corrected chi connectivity index (χ2v) is 9.98. The van der Waals surface area contributed by atoms with E-state index in [1.54, 1.807) is 12.1 Å². The van der Waals surface area contributed by atoms with Gasteiger partial charge >= 0.3 is 0 Å². The average Bonchev–Trinajstić information content (AvgIpc) is 3.42. The van der Waals surface area contributed by atoms with Gasteiger partial charge in [-0.1, -0.05) is 30.3 Å². The normalized spacial score (nSPS) is 18.7. The quantitative estimate of drug-likeness (QED) is 0.744. The number of amides is 2. The predicted octanol–water partition coefficient (Wildman–Crippen LogP) is 2.11. The van der Waals surface area contributed by atoms with E-state index in [0.29, 0.717) is 43.7 Å². The summed E-state index contributed by atoms with van der Waals surface area (Å²) in [6.45, 7) is 2.96. The highest BCUT2D eigenvalue weighted by Crippen LogP contribution is 2.35. The van der Waals surface area contributed by atoms with Crippen LogP contribution in [0.25, 0.3) is 0 Å². The predicted molar refractivity (Wildman–Crippen MR) is 118 cm³/mol. The number of nitrogens with zero attached hydrogens (tertiary/aromatic N) is 2. The highest BCUT2D eigenvalue weighted by atomic mass is 32.2. The smallest absolute Gasteiger partial charge is 0.243 e. The topological polar surface area (TPSA) is 86.8 Å². The van der Waals surface area contributed by atoms with Crippen LogP contribution in [0.5, 0.6) is 0 Å². The third-order valence-corrected chi connectivity index (χ3v) is 7.83. The monoisotopic (exact) mass is 441 g/mol. The summed E-state index contributed by atoms with van der Waals surface area (Å²) in [6, 6.07) is 14.0. The van der Waals surface area contributed by atoms with Crippen molar-refractivity contribution in [2.45, 2.75) is 43.5 Å². The second kappa shape index (κ2) is 8.80. The standard InChI is InChI=1S/C23H27N3O4S/c1-17(27)26-21-10-9-20(31(29,30)25-13-5-6-14-25)15-19(21)16-22(26)23(28)24-12-11-18-7-3-2-4-8-18/h2-4,7-10,15,22H,5-6,11-14,16H2,1H3,(H,24,28)/t22-/m1/s1. The molecule has 1 saturated heterocycles. The summed E-state index contributed by atoms with van der Waals surface area (Å²) < 4.78 is 27.3. The number of hydrogen-bond acceptors (Lipinski definition) is 4. The Morgan fingerprint density at radius 3 is 2.45 bits per heavy atom. The zero-order chi connectivity index (χ0) is 22.0. The molecule has 0 saturated carbocycles. The molecule has 2 heterocycles. The lowest BCUT2D eigenvalue weighted by molar-refractivity contribution is -0.125. The molecule has 31 heavy (non-hydrogen) atoms. The first-order chi connectivity index (χ1) is 14.9. The Bertz CT molecular complexity index is 1080. The maximum Gasteiger partial charge on any atom is 0.243 e. The van der Waals surface area contributed by atoms with Crippen LogP contribution in [-0.4, -0.2) is 50.2 Å². The van der Waals surface area contributed by atoms with Crippen molar-refractivity contribution in [1.29, 1.82) is 0 Å². The number of carbonyl (C=O) groups excluding carboxylic acids is 2. The lowest BCUT2D eigenvalue weighted by Gasteiger charge is -2.23. The number of nitrogens with one attached hydrogen (secondary N) is 1. The van der Waals surface area contributed by atoms with Crippen molar-refractivity contribution in [1.82, 2.24) is 9.62 Å². The van der Waals surface area contributed by atoms with E-state index in [1.165, 1.54) is 22.2 Å². The Hall–Kier alpha value is -2.71. The zero-order valence-corrected chi connectivity index (χ0v) is 18.4. The minimum atomic E-state index is -3.55. The highest BCUT2D eigenvalue weighted by molar-refractivity contribution is 7.89. The van der Waals surface area contributed by atoms with Crippen molar-refractivity contribution in [3.8, 4) is 0 Å². The van der Waals surface area contributed by atoms with Gasteiger partial charge < -0.3 is 5.32 Å². The molecule has 8 heteroatoms. The Labute approximate surface area is 183 Å². The lowest BCUT2D eigenvalue weighted by Crippen LogP contribution is -2.47. The fourth-order valence-corrected chi connectivity index (χ4v) is 5.93. The van der Waals surface area contributed by atoms with Crippen LogP contribution >= 0.6 is 0 Å². The molecule has 2 aromatic rings. The van der Waals surface area contributed by atoms with Gasteiger partial charge in [-0.2, -0.15) is 4.31 Å². The van der Waals surface area contributed by atoms with E-state index in [0.717, 1.165) is 18.4 Å². The fourth-order valence-electron chi connectivity index (χ4n) is 4.36. The highest BCUT2D eigenvalue weighted by Gasteiger charge is 2.38. The first-order valence-corrected chi connectivity index (χ1v) is 12.1. The third kappa shape index (κ3) is 4.36. The van der Waals surface area contributed by atoms with Crippen molar-refractivity contribution in [3.63, 3.8) is 0 Å². The van der Waals surface area contributed by atoms with Gasteiger partial charge in [-0.05, 0) is 48.6 Å². The summed E-state index contributed by atoms with van der Waals surface area (Å²) >= 11 is 0. The summed E-state index contributed by atoms with van der Waals surface area (Å²) in [5, 5.41) is 2.92. The first-order valence-electron chi connectivity index (χ1n) is 10.6. The molecule has 2 aliphatic heterocycles. The molecule has 1 fully saturated rings. The summed E-state index contributed by atoms with van der Waals surface area (Å²) in [6.07, 6.45) is 2.74. The van der Waals surface area contributed by atoms with Crippen LogP contribution < -0.4 is 10.2 Å². The van der Waals surface area contributed by atoms with Gasteiger partial charge in [0.05, 0.1) is 4.90 Å². The summed E-state index contributed by atoms with van der Waals surface area (Å²) in [4.78, 5) is 26.9. The summed E-state index contributed by atoms with van der Waals surface area (Å²) in [7, 11) is -3.55. The molecule has 1 atom stereocenters. The van der Waals surface area contributed by atoms with Gasteiger partial charge in [-0.15, -0.1) is 0 Å². The SMILES string of the molecule is CC(=O)N1c2ccc(S(=O)(=O)N3CCCC3)cc2C[C@@H]1C(=O)NCCc1ccccc1. The van der Waals surface area contributed by atoms with Crippen LogP contribution in [0.2, 0.25) is 0 Å². The molecular formula is C23H27N3O4S. The number of rotatable bonds is 6. The van der Waals surface area contributed by atoms with Crippen molar-refractivity contribution in [2.24, 2.45) is 0 Å². The van der Waals surface area contributed by atoms with Gasteiger partial charge in [0.2, 0.25) is 21.8 Å². The van der Waals surface area contributed by atoms with E-state index >= 15 is 0 Å². The Balaban J connectivity index is 1.50. The number of hydrogen-bond donors (Lipinski definition) is 1. The van der Waals surface area contributed by atoms with Gasteiger partial charge in [0.25, 0.3) is 0 Å². The van der Waals surface area contributed by atoms with Crippen molar-refractivity contribution in [2.75, 3.05) is 24.5 Å². The molecule has 0 unspecified atom stereocenters. The molecule has 0 bridgehead atoms. The van der Waals surface area contributed by atoms with E-state index < -0.39 is 16.1 Å². The van der Waals surface area contributed by atoms with Crippen LogP contribution in [0.3, 0.4) is 0 Å². The maximum atomic E-state index is 12.9. The summed E-state index contributed by atoms with van der Waals surface area (Å²) in [5.74, 6) is -0.469. The number of sulfonamides is 1. The third-order valence-electron chi connectivity index (χ3n) is 5.94. The Morgan fingerprint density at radius 2 is 1.77 bits per heavy atom. The first kappa shape index (κ1) is 21.5. The van der Waals surface area contributed by atoms with Gasteiger partial charge in [0, 0.05) is 38.7 Å². The average molecular weight is 442 g/mol. The number of benzene rings is 2. The van der Waals surface area contributed by atoms with Crippen molar-refractivity contribution in [3.05, 3.63) is 59.7 Å². The molecule has 0 spiro atoms. The second-order valence-electron chi connectivity index (χ2n) is 8.04. The Kier molecular flexibility index (Phi) is 6.11. The number of fused-ring (bicyclic) bond motifs is 1. The molecule has 2 aliphatic rings. The molecule has 164 valence electrons. The molecule has 7 nitrogen and oxygen atoms in total. The molecule has 0 radical (unpaired) electrons. The van der Waals surface area contributed by atoms with E-state index in [1.807, 2.05) is 30.3 Å². The van der Waals surface area contributed by atoms with Crippen LogP contribution in [0.1, 0.15) is 30.9 Å². The van der Waals surface area contributed by atoms with Crippen LogP contribution in [-0.2, 0) is 32.5 Å². The van der Waals surface area contributed by atoms with E-state index in [-0.39, 0.29) is 16.7 Å².